The molecule has 37 heavy (non-hydrogen) atoms. The van der Waals surface area contributed by atoms with Crippen molar-refractivity contribution in [1.29, 1.82) is 0 Å². The van der Waals surface area contributed by atoms with E-state index in [9.17, 15) is 4.79 Å². The predicted molar refractivity (Wildman–Crippen MR) is 168 cm³/mol. The maximum Gasteiger partial charge on any atom is 0.132 e. The molecule has 0 amide bonds. The Morgan fingerprint density at radius 2 is 0.459 bits per heavy atom. The van der Waals surface area contributed by atoms with Crippen LogP contribution in [-0.2, 0) is 4.79 Å². The summed E-state index contributed by atoms with van der Waals surface area (Å²) >= 11 is 0. The Balaban J connectivity index is 0. The Labute approximate surface area is 235 Å². The van der Waals surface area contributed by atoms with Crippen LogP contribution in [0.1, 0.15) is 219 Å². The van der Waals surface area contributed by atoms with E-state index in [1.165, 1.54) is 180 Å². The van der Waals surface area contributed by atoms with Gasteiger partial charge in [0.05, 0.1) is 0 Å². The SMILES string of the molecule is CCCCCCCCCCCCCCCCCC(=O)CCCCCCCCCCCCCCCCC.O. The second kappa shape index (κ2) is 35.6. The number of hydrogen-bond donors (Lipinski definition) is 0. The minimum atomic E-state index is 0. The Morgan fingerprint density at radius 3 is 0.649 bits per heavy atom. The van der Waals surface area contributed by atoms with Crippen molar-refractivity contribution in [1.82, 2.24) is 0 Å². The molecule has 0 aromatic heterocycles. The van der Waals surface area contributed by atoms with Crippen LogP contribution >= 0.6 is 0 Å². The maximum absolute atomic E-state index is 12.1. The van der Waals surface area contributed by atoms with E-state index in [1.807, 2.05) is 0 Å². The summed E-state index contributed by atoms with van der Waals surface area (Å²) in [6.45, 7) is 4.59. The van der Waals surface area contributed by atoms with Crippen LogP contribution < -0.4 is 0 Å². The third-order valence-electron chi connectivity index (χ3n) is 8.12. The molecular formula is C35H72O2. The Kier molecular flexibility index (Phi) is 37.3. The molecule has 0 fully saturated rings. The molecule has 0 aromatic rings. The minimum Gasteiger partial charge on any atom is -0.412 e. The van der Waals surface area contributed by atoms with Gasteiger partial charge in [-0.1, -0.05) is 194 Å². The van der Waals surface area contributed by atoms with Crippen LogP contribution in [-0.4, -0.2) is 11.3 Å². The lowest BCUT2D eigenvalue weighted by Gasteiger charge is -2.04. The summed E-state index contributed by atoms with van der Waals surface area (Å²) < 4.78 is 0. The smallest absolute Gasteiger partial charge is 0.132 e. The predicted octanol–water partition coefficient (Wildman–Crippen LogP) is 12.3. The highest BCUT2D eigenvalue weighted by Gasteiger charge is 2.02. The van der Waals surface area contributed by atoms with Crippen LogP contribution in [0.25, 0.3) is 0 Å². The van der Waals surface area contributed by atoms with Gasteiger partial charge < -0.3 is 5.48 Å². The minimum absolute atomic E-state index is 0. The fourth-order valence-electron chi connectivity index (χ4n) is 5.51. The van der Waals surface area contributed by atoms with Crippen LogP contribution in [0.2, 0.25) is 0 Å². The molecule has 0 aliphatic heterocycles. The van der Waals surface area contributed by atoms with Crippen molar-refractivity contribution in [2.75, 3.05) is 0 Å². The highest BCUT2D eigenvalue weighted by Crippen LogP contribution is 2.16. The summed E-state index contributed by atoms with van der Waals surface area (Å²) in [7, 11) is 0. The molecule has 0 bridgehead atoms. The molecule has 0 saturated heterocycles. The Hall–Kier alpha value is -0.370. The van der Waals surface area contributed by atoms with Gasteiger partial charge in [-0.3, -0.25) is 4.79 Å². The van der Waals surface area contributed by atoms with Crippen LogP contribution in [0.5, 0.6) is 0 Å². The van der Waals surface area contributed by atoms with Gasteiger partial charge in [0.15, 0.2) is 0 Å². The van der Waals surface area contributed by atoms with Crippen molar-refractivity contribution in [3.8, 4) is 0 Å². The quantitative estimate of drug-likeness (QED) is 0.0807. The first-order chi connectivity index (χ1) is 17.8. The lowest BCUT2D eigenvalue weighted by atomic mass is 10.0. The lowest BCUT2D eigenvalue weighted by Crippen LogP contribution is -1.97. The molecule has 0 spiro atoms. The monoisotopic (exact) mass is 525 g/mol. The van der Waals surface area contributed by atoms with Gasteiger partial charge >= 0.3 is 0 Å². The first-order valence-electron chi connectivity index (χ1n) is 17.3. The summed E-state index contributed by atoms with van der Waals surface area (Å²) in [5, 5.41) is 0. The van der Waals surface area contributed by atoms with Gasteiger partial charge in [0.25, 0.3) is 0 Å². The van der Waals surface area contributed by atoms with E-state index in [-0.39, 0.29) is 5.48 Å². The average molecular weight is 525 g/mol. The number of Topliss-reactive ketones (excluding diaryl/α,β-unsaturated/α-hetero) is 1. The summed E-state index contributed by atoms with van der Waals surface area (Å²) in [6.07, 6.45) is 43.4. The molecule has 2 nitrogen and oxygen atoms in total. The Morgan fingerprint density at radius 1 is 0.297 bits per heavy atom. The van der Waals surface area contributed by atoms with Gasteiger partial charge in [-0.05, 0) is 12.8 Å². The summed E-state index contributed by atoms with van der Waals surface area (Å²) in [5.41, 5.74) is 0. The molecule has 0 unspecified atom stereocenters. The second-order valence-corrected chi connectivity index (χ2v) is 11.9. The number of carbonyl (C=O) groups is 1. The van der Waals surface area contributed by atoms with Gasteiger partial charge in [-0.25, -0.2) is 0 Å². The van der Waals surface area contributed by atoms with E-state index in [4.69, 9.17) is 0 Å². The van der Waals surface area contributed by atoms with Gasteiger partial charge in [-0.15, -0.1) is 0 Å². The molecule has 224 valence electrons. The number of carbonyl (C=O) groups excluding carboxylic acids is 1. The van der Waals surface area contributed by atoms with Crippen molar-refractivity contribution in [2.45, 2.75) is 219 Å². The average Bonchev–Trinajstić information content (AvgIpc) is 2.88. The maximum atomic E-state index is 12.1. The highest BCUT2D eigenvalue weighted by atomic mass is 16.1. The van der Waals surface area contributed by atoms with E-state index in [2.05, 4.69) is 13.8 Å². The number of rotatable bonds is 32. The van der Waals surface area contributed by atoms with Crippen molar-refractivity contribution in [2.24, 2.45) is 0 Å². The zero-order chi connectivity index (χ0) is 26.2. The van der Waals surface area contributed by atoms with Crippen LogP contribution in [0, 0.1) is 0 Å². The van der Waals surface area contributed by atoms with Gasteiger partial charge in [-0.2, -0.15) is 0 Å². The van der Waals surface area contributed by atoms with Crippen molar-refractivity contribution in [3.63, 3.8) is 0 Å². The van der Waals surface area contributed by atoms with Crippen LogP contribution in [0.3, 0.4) is 0 Å². The van der Waals surface area contributed by atoms with Crippen LogP contribution in [0.4, 0.5) is 0 Å². The van der Waals surface area contributed by atoms with Crippen molar-refractivity contribution in [3.05, 3.63) is 0 Å². The third-order valence-corrected chi connectivity index (χ3v) is 8.12. The Bertz CT molecular complexity index is 370. The zero-order valence-corrected chi connectivity index (χ0v) is 26.0. The molecule has 0 aromatic carbocycles. The van der Waals surface area contributed by atoms with Gasteiger partial charge in [0.2, 0.25) is 0 Å². The molecule has 0 radical (unpaired) electrons. The van der Waals surface area contributed by atoms with Crippen molar-refractivity contribution >= 4 is 5.78 Å². The summed E-state index contributed by atoms with van der Waals surface area (Å²) in [6, 6.07) is 0. The number of ketones is 1. The standard InChI is InChI=1S/C35H70O.H2O/c1-3-5-7-9-11-13-15-17-19-21-23-25-27-29-31-33-35(36)34-32-30-28-26-24-22-20-18-16-14-12-10-8-6-4-2;/h3-34H2,1-2H3;1H2. The molecular weight excluding hydrogens is 452 g/mol. The van der Waals surface area contributed by atoms with E-state index < -0.39 is 0 Å². The van der Waals surface area contributed by atoms with E-state index in [1.54, 1.807) is 0 Å². The van der Waals surface area contributed by atoms with E-state index >= 15 is 0 Å². The number of unbranched alkanes of at least 4 members (excludes halogenated alkanes) is 28. The fraction of sp³-hybridized carbons (Fsp3) is 0.971. The molecule has 0 aliphatic rings. The van der Waals surface area contributed by atoms with Gasteiger partial charge in [0, 0.05) is 12.8 Å². The van der Waals surface area contributed by atoms with E-state index in [0.29, 0.717) is 5.78 Å². The van der Waals surface area contributed by atoms with Gasteiger partial charge in [0.1, 0.15) is 5.78 Å². The molecule has 0 rings (SSSR count). The molecule has 2 N–H and O–H groups in total. The largest absolute Gasteiger partial charge is 0.412 e. The number of hydrogen-bond acceptors (Lipinski definition) is 1. The molecule has 0 saturated carbocycles. The lowest BCUT2D eigenvalue weighted by molar-refractivity contribution is -0.119. The van der Waals surface area contributed by atoms with Crippen molar-refractivity contribution < 1.29 is 10.3 Å². The summed E-state index contributed by atoms with van der Waals surface area (Å²) in [5.74, 6) is 0.527. The summed E-state index contributed by atoms with van der Waals surface area (Å²) in [4.78, 5) is 12.1. The zero-order valence-electron chi connectivity index (χ0n) is 26.0. The van der Waals surface area contributed by atoms with E-state index in [0.717, 1.165) is 25.7 Å². The molecule has 0 heterocycles. The van der Waals surface area contributed by atoms with Crippen LogP contribution in [0.15, 0.2) is 0 Å². The topological polar surface area (TPSA) is 48.6 Å². The highest BCUT2D eigenvalue weighted by molar-refractivity contribution is 5.78. The third kappa shape index (κ3) is 35.6. The molecule has 2 heteroatoms. The fourth-order valence-corrected chi connectivity index (χ4v) is 5.51. The normalized spacial score (nSPS) is 11.1. The first-order valence-corrected chi connectivity index (χ1v) is 17.3. The molecule has 0 atom stereocenters. The second-order valence-electron chi connectivity index (χ2n) is 11.9. The molecule has 0 aliphatic carbocycles. The first kappa shape index (κ1) is 38.8.